The Morgan fingerprint density at radius 1 is 1.00 bits per heavy atom. The van der Waals surface area contributed by atoms with Crippen LogP contribution in [0.15, 0.2) is 0 Å². The van der Waals surface area contributed by atoms with E-state index in [0.29, 0.717) is 24.5 Å². The summed E-state index contributed by atoms with van der Waals surface area (Å²) in [6.07, 6.45) is 7.74. The Bertz CT molecular complexity index is 193. The van der Waals surface area contributed by atoms with Crippen LogP contribution in [0.25, 0.3) is 0 Å². The van der Waals surface area contributed by atoms with Crippen molar-refractivity contribution in [3.63, 3.8) is 0 Å². The van der Waals surface area contributed by atoms with Gasteiger partial charge >= 0.3 is 0 Å². The van der Waals surface area contributed by atoms with E-state index in [-0.39, 0.29) is 6.10 Å². The number of rotatable bonds is 2. The number of hydrogen-bond acceptors (Lipinski definition) is 1. The molecule has 2 nitrogen and oxygen atoms in total. The van der Waals surface area contributed by atoms with E-state index in [1.54, 1.807) is 0 Å². The SMILES string of the molecule is [CH2]COC1CCC([O])C2CCCC1CC2. The number of ether oxygens (including phenoxy) is 1. The maximum Gasteiger partial charge on any atom is 0.0959 e. The van der Waals surface area contributed by atoms with Crippen LogP contribution in [0.4, 0.5) is 0 Å². The van der Waals surface area contributed by atoms with Crippen LogP contribution in [0.1, 0.15) is 44.9 Å². The molecule has 2 heteroatoms. The van der Waals surface area contributed by atoms with Gasteiger partial charge in [-0.05, 0) is 57.3 Å². The highest BCUT2D eigenvalue weighted by molar-refractivity contribution is 4.83. The second kappa shape index (κ2) is 5.31. The van der Waals surface area contributed by atoms with Crippen LogP contribution in [0.5, 0.6) is 0 Å². The Kier molecular flexibility index (Phi) is 4.04. The van der Waals surface area contributed by atoms with Crippen LogP contribution in [-0.2, 0) is 9.84 Å². The lowest BCUT2D eigenvalue weighted by Gasteiger charge is -2.30. The molecule has 0 amide bonds. The molecule has 0 heterocycles. The first-order valence-electron chi connectivity index (χ1n) is 6.38. The second-order valence-corrected chi connectivity index (χ2v) is 5.05. The summed E-state index contributed by atoms with van der Waals surface area (Å²) in [4.78, 5) is 0. The zero-order valence-corrected chi connectivity index (χ0v) is 9.49. The molecule has 4 unspecified atom stereocenters. The van der Waals surface area contributed by atoms with Crippen LogP contribution in [0.2, 0.25) is 0 Å². The largest absolute Gasteiger partial charge is 0.378 e. The summed E-state index contributed by atoms with van der Waals surface area (Å²) in [5, 5.41) is 11.9. The lowest BCUT2D eigenvalue weighted by molar-refractivity contribution is -0.0287. The van der Waals surface area contributed by atoms with Gasteiger partial charge in [0.15, 0.2) is 0 Å². The molecule has 0 aromatic heterocycles. The minimum atomic E-state index is -0.333. The fourth-order valence-electron chi connectivity index (χ4n) is 3.27. The number of hydrogen-bond donors (Lipinski definition) is 0. The lowest BCUT2D eigenvalue weighted by Crippen LogP contribution is -2.29. The van der Waals surface area contributed by atoms with E-state index >= 15 is 0 Å². The first-order valence-corrected chi connectivity index (χ1v) is 6.38. The van der Waals surface area contributed by atoms with Crippen molar-refractivity contribution in [2.24, 2.45) is 11.8 Å². The molecule has 4 atom stereocenters. The monoisotopic (exact) mass is 210 g/mol. The van der Waals surface area contributed by atoms with Crippen molar-refractivity contribution in [2.75, 3.05) is 6.61 Å². The van der Waals surface area contributed by atoms with Gasteiger partial charge in [-0.1, -0.05) is 6.42 Å². The van der Waals surface area contributed by atoms with E-state index in [1.165, 1.54) is 19.3 Å². The van der Waals surface area contributed by atoms with Crippen LogP contribution in [-0.4, -0.2) is 18.8 Å². The van der Waals surface area contributed by atoms with Crippen molar-refractivity contribution in [3.05, 3.63) is 6.92 Å². The van der Waals surface area contributed by atoms with Crippen molar-refractivity contribution in [2.45, 2.75) is 57.2 Å². The van der Waals surface area contributed by atoms with Gasteiger partial charge in [0, 0.05) is 6.61 Å². The Labute approximate surface area is 93.0 Å². The molecule has 0 spiro atoms. The van der Waals surface area contributed by atoms with Gasteiger partial charge in [-0.25, -0.2) is 5.11 Å². The molecule has 2 rings (SSSR count). The molecule has 15 heavy (non-hydrogen) atoms. The molecule has 86 valence electrons. The molecule has 0 saturated heterocycles. The minimum absolute atomic E-state index is 0.318. The van der Waals surface area contributed by atoms with E-state index in [1.807, 2.05) is 0 Å². The van der Waals surface area contributed by atoms with Crippen molar-refractivity contribution in [1.29, 1.82) is 0 Å². The summed E-state index contributed by atoms with van der Waals surface area (Å²) in [6.45, 7) is 4.31. The Hall–Kier alpha value is -0.0800. The summed E-state index contributed by atoms with van der Waals surface area (Å²) in [5.41, 5.74) is 0. The van der Waals surface area contributed by atoms with Crippen molar-refractivity contribution in [1.82, 2.24) is 0 Å². The first-order chi connectivity index (χ1) is 7.31. The predicted octanol–water partition coefficient (Wildman–Crippen LogP) is 3.00. The summed E-state index contributed by atoms with van der Waals surface area (Å²) in [7, 11) is 0. The smallest absolute Gasteiger partial charge is 0.0959 e. The van der Waals surface area contributed by atoms with Crippen molar-refractivity contribution in [3.8, 4) is 0 Å². The fraction of sp³-hybridized carbons (Fsp3) is 0.923. The quantitative estimate of drug-likeness (QED) is 0.689. The van der Waals surface area contributed by atoms with Gasteiger partial charge in [0.25, 0.3) is 0 Å². The average molecular weight is 210 g/mol. The third kappa shape index (κ3) is 2.73. The maximum absolute atomic E-state index is 11.9. The normalized spacial score (nSPS) is 42.0. The maximum atomic E-state index is 11.9. The van der Waals surface area contributed by atoms with Crippen LogP contribution in [0, 0.1) is 18.8 Å². The third-order valence-corrected chi connectivity index (χ3v) is 4.18. The lowest BCUT2D eigenvalue weighted by atomic mass is 9.84. The zero-order valence-electron chi connectivity index (χ0n) is 9.49. The Morgan fingerprint density at radius 3 is 2.53 bits per heavy atom. The fourth-order valence-corrected chi connectivity index (χ4v) is 3.27. The highest BCUT2D eigenvalue weighted by atomic mass is 16.5. The van der Waals surface area contributed by atoms with Gasteiger partial charge in [0.05, 0.1) is 12.2 Å². The first kappa shape index (κ1) is 11.4. The molecule has 2 radical (unpaired) electrons. The standard InChI is InChI=1S/C13H22O2/c1-2-15-13-9-8-12(14)10-4-3-5-11(13)7-6-10/h10-13H,1-9H2. The van der Waals surface area contributed by atoms with Gasteiger partial charge in [0.1, 0.15) is 0 Å². The summed E-state index contributed by atoms with van der Waals surface area (Å²) < 4.78 is 5.70. The minimum Gasteiger partial charge on any atom is -0.378 e. The molecule has 0 aliphatic heterocycles. The molecule has 2 bridgehead atoms. The van der Waals surface area contributed by atoms with Gasteiger partial charge in [-0.15, -0.1) is 0 Å². The average Bonchev–Trinajstić information content (AvgIpc) is 2.44. The van der Waals surface area contributed by atoms with E-state index in [0.717, 1.165) is 25.7 Å². The number of fused-ring (bicyclic) bond motifs is 3. The van der Waals surface area contributed by atoms with E-state index in [2.05, 4.69) is 6.92 Å². The highest BCUT2D eigenvalue weighted by Gasteiger charge is 2.33. The van der Waals surface area contributed by atoms with Crippen LogP contribution in [0.3, 0.4) is 0 Å². The molecular weight excluding hydrogens is 188 g/mol. The third-order valence-electron chi connectivity index (χ3n) is 4.18. The topological polar surface area (TPSA) is 29.1 Å². The van der Waals surface area contributed by atoms with E-state index in [4.69, 9.17) is 4.74 Å². The molecular formula is C13H22O2. The second-order valence-electron chi connectivity index (χ2n) is 5.05. The molecule has 0 aromatic rings. The molecule has 0 N–H and O–H groups in total. The molecule has 2 aliphatic carbocycles. The van der Waals surface area contributed by atoms with Gasteiger partial charge in [0.2, 0.25) is 0 Å². The summed E-state index contributed by atoms with van der Waals surface area (Å²) >= 11 is 0. The van der Waals surface area contributed by atoms with Gasteiger partial charge in [-0.2, -0.15) is 0 Å². The van der Waals surface area contributed by atoms with Crippen molar-refractivity contribution >= 4 is 0 Å². The molecule has 2 aliphatic rings. The summed E-state index contributed by atoms with van der Waals surface area (Å²) in [6, 6.07) is 0. The van der Waals surface area contributed by atoms with E-state index in [9.17, 15) is 5.11 Å². The Balaban J connectivity index is 2.03. The van der Waals surface area contributed by atoms with Gasteiger partial charge in [-0.3, -0.25) is 0 Å². The van der Waals surface area contributed by atoms with Gasteiger partial charge < -0.3 is 4.74 Å². The molecule has 2 saturated carbocycles. The molecule has 0 aromatic carbocycles. The highest BCUT2D eigenvalue weighted by Crippen LogP contribution is 2.37. The predicted molar refractivity (Wildman–Crippen MR) is 58.9 cm³/mol. The van der Waals surface area contributed by atoms with E-state index < -0.39 is 0 Å². The Morgan fingerprint density at radius 2 is 1.73 bits per heavy atom. The van der Waals surface area contributed by atoms with Crippen LogP contribution < -0.4 is 0 Å². The summed E-state index contributed by atoms with van der Waals surface area (Å²) in [5.74, 6) is 1.15. The zero-order chi connectivity index (χ0) is 10.7. The van der Waals surface area contributed by atoms with Crippen LogP contribution >= 0.6 is 0 Å². The van der Waals surface area contributed by atoms with Crippen molar-refractivity contribution < 1.29 is 9.84 Å². The molecule has 2 fully saturated rings.